The van der Waals surface area contributed by atoms with Crippen LogP contribution in [0.1, 0.15) is 25.5 Å². The molecule has 0 saturated carbocycles. The first-order chi connectivity index (χ1) is 13.1. The van der Waals surface area contributed by atoms with E-state index in [0.29, 0.717) is 39.3 Å². The Labute approximate surface area is 165 Å². The Morgan fingerprint density at radius 3 is 2.39 bits per heavy atom. The van der Waals surface area contributed by atoms with E-state index in [2.05, 4.69) is 15.3 Å². The number of piperazine rings is 1. The lowest BCUT2D eigenvalue weighted by atomic mass is 10.1. The molecule has 0 spiro atoms. The van der Waals surface area contributed by atoms with Gasteiger partial charge in [-0.05, 0) is 27.9 Å². The highest BCUT2D eigenvalue weighted by molar-refractivity contribution is 5.80. The molecule has 28 heavy (non-hydrogen) atoms. The van der Waals surface area contributed by atoms with Crippen molar-refractivity contribution in [3.63, 3.8) is 0 Å². The number of halogens is 3. The van der Waals surface area contributed by atoms with E-state index in [1.54, 1.807) is 4.68 Å². The lowest BCUT2D eigenvalue weighted by Crippen LogP contribution is -2.56. The number of aliphatic imine (C=N–C) groups is 1. The maximum atomic E-state index is 13.0. The highest BCUT2D eigenvalue weighted by Gasteiger charge is 2.41. The first-order valence-electron chi connectivity index (χ1n) is 9.62. The molecule has 1 aliphatic heterocycles. The molecular formula is C18H32F3N7. The van der Waals surface area contributed by atoms with Crippen LogP contribution in [-0.4, -0.2) is 96.0 Å². The van der Waals surface area contributed by atoms with E-state index in [4.69, 9.17) is 4.99 Å². The van der Waals surface area contributed by atoms with Crippen molar-refractivity contribution < 1.29 is 13.2 Å². The summed E-state index contributed by atoms with van der Waals surface area (Å²) in [4.78, 5) is 10.4. The molecule has 1 saturated heterocycles. The van der Waals surface area contributed by atoms with Gasteiger partial charge in [-0.25, -0.2) is 0 Å². The highest BCUT2D eigenvalue weighted by Crippen LogP contribution is 2.25. The van der Waals surface area contributed by atoms with Gasteiger partial charge in [0.15, 0.2) is 5.96 Å². The van der Waals surface area contributed by atoms with Crippen LogP contribution >= 0.6 is 0 Å². The Hall–Kier alpha value is -1.81. The van der Waals surface area contributed by atoms with E-state index in [-0.39, 0.29) is 6.04 Å². The number of rotatable bonds is 6. The predicted molar refractivity (Wildman–Crippen MR) is 104 cm³/mol. The molecule has 160 valence electrons. The average molecular weight is 403 g/mol. The van der Waals surface area contributed by atoms with Crippen molar-refractivity contribution in [1.82, 2.24) is 29.8 Å². The second kappa shape index (κ2) is 9.60. The number of alkyl halides is 3. The maximum Gasteiger partial charge on any atom is 0.403 e. The van der Waals surface area contributed by atoms with Crippen LogP contribution in [-0.2, 0) is 7.05 Å². The molecule has 2 heterocycles. The third-order valence-corrected chi connectivity index (χ3v) is 5.12. The molecule has 1 fully saturated rings. The number of aromatic nitrogens is 2. The lowest BCUT2D eigenvalue weighted by molar-refractivity contribution is -0.181. The van der Waals surface area contributed by atoms with E-state index in [0.717, 1.165) is 11.5 Å². The van der Waals surface area contributed by atoms with Crippen LogP contribution < -0.4 is 5.32 Å². The molecule has 0 radical (unpaired) electrons. The van der Waals surface area contributed by atoms with Crippen LogP contribution in [0.15, 0.2) is 17.4 Å². The van der Waals surface area contributed by atoms with E-state index in [9.17, 15) is 13.2 Å². The van der Waals surface area contributed by atoms with Crippen LogP contribution in [0, 0.1) is 0 Å². The Morgan fingerprint density at radius 1 is 1.29 bits per heavy atom. The maximum absolute atomic E-state index is 13.0. The van der Waals surface area contributed by atoms with Gasteiger partial charge in [0.2, 0.25) is 0 Å². The Kier molecular flexibility index (Phi) is 7.70. The van der Waals surface area contributed by atoms with E-state index in [1.165, 1.54) is 11.8 Å². The minimum Gasteiger partial charge on any atom is -0.357 e. The van der Waals surface area contributed by atoms with Crippen LogP contribution in [0.4, 0.5) is 13.2 Å². The summed E-state index contributed by atoms with van der Waals surface area (Å²) in [6, 6.07) is -1.34. The van der Waals surface area contributed by atoms with Crippen molar-refractivity contribution in [2.75, 3.05) is 53.4 Å². The predicted octanol–water partition coefficient (Wildman–Crippen LogP) is 1.56. The number of hydrogen-bond donors (Lipinski definition) is 1. The van der Waals surface area contributed by atoms with Crippen molar-refractivity contribution >= 4 is 5.96 Å². The monoisotopic (exact) mass is 403 g/mol. The molecule has 0 aromatic carbocycles. The van der Waals surface area contributed by atoms with Gasteiger partial charge in [-0.1, -0.05) is 0 Å². The van der Waals surface area contributed by atoms with Gasteiger partial charge in [0.25, 0.3) is 0 Å². The Morgan fingerprint density at radius 2 is 1.93 bits per heavy atom. The van der Waals surface area contributed by atoms with Crippen molar-refractivity contribution in [3.8, 4) is 0 Å². The summed E-state index contributed by atoms with van der Waals surface area (Å²) in [6.45, 7) is 6.23. The standard InChI is InChI=1S/C18H32F3N7/c1-6-22-17(23-12-16(25(3)4)15-11-24-26(5)13-15)28-9-7-27(8-10-28)14(2)18(19,20)21/h11,13-14,16H,6-10,12H2,1-5H3,(H,22,23). The molecule has 7 nitrogen and oxygen atoms in total. The highest BCUT2D eigenvalue weighted by atomic mass is 19.4. The second-order valence-corrected chi connectivity index (χ2v) is 7.36. The molecule has 1 aliphatic rings. The van der Waals surface area contributed by atoms with Crippen LogP contribution in [0.25, 0.3) is 0 Å². The second-order valence-electron chi connectivity index (χ2n) is 7.36. The molecule has 1 N–H and O–H groups in total. The van der Waals surface area contributed by atoms with Crippen LogP contribution in [0.5, 0.6) is 0 Å². The number of aryl methyl sites for hydroxylation is 1. The molecule has 2 unspecified atom stereocenters. The zero-order chi connectivity index (χ0) is 20.9. The lowest BCUT2D eigenvalue weighted by Gasteiger charge is -2.39. The van der Waals surface area contributed by atoms with Gasteiger partial charge in [-0.15, -0.1) is 0 Å². The Balaban J connectivity index is 2.04. The van der Waals surface area contributed by atoms with E-state index < -0.39 is 12.2 Å². The van der Waals surface area contributed by atoms with Crippen LogP contribution in [0.2, 0.25) is 0 Å². The summed E-state index contributed by atoms with van der Waals surface area (Å²) in [7, 11) is 5.87. The van der Waals surface area contributed by atoms with Crippen molar-refractivity contribution in [1.29, 1.82) is 0 Å². The normalized spacial score (nSPS) is 19.2. The van der Waals surface area contributed by atoms with Gasteiger partial charge in [0.1, 0.15) is 6.04 Å². The molecule has 0 bridgehead atoms. The molecule has 2 atom stereocenters. The zero-order valence-corrected chi connectivity index (χ0v) is 17.4. The third-order valence-electron chi connectivity index (χ3n) is 5.12. The Bertz CT molecular complexity index is 633. The largest absolute Gasteiger partial charge is 0.403 e. The summed E-state index contributed by atoms with van der Waals surface area (Å²) < 4.78 is 40.6. The average Bonchev–Trinajstić information content (AvgIpc) is 3.05. The third kappa shape index (κ3) is 5.84. The number of nitrogens with zero attached hydrogens (tertiary/aromatic N) is 6. The summed E-state index contributed by atoms with van der Waals surface area (Å²) in [5.74, 6) is 0.748. The minimum atomic E-state index is -4.19. The van der Waals surface area contributed by atoms with Gasteiger partial charge in [-0.3, -0.25) is 14.6 Å². The number of likely N-dealkylation sites (N-methyl/N-ethyl adjacent to an activating group) is 1. The molecule has 1 aromatic rings. The first kappa shape index (κ1) is 22.5. The fraction of sp³-hybridized carbons (Fsp3) is 0.778. The smallest absolute Gasteiger partial charge is 0.357 e. The van der Waals surface area contributed by atoms with Gasteiger partial charge >= 0.3 is 6.18 Å². The fourth-order valence-electron chi connectivity index (χ4n) is 3.31. The van der Waals surface area contributed by atoms with E-state index in [1.807, 2.05) is 45.4 Å². The molecular weight excluding hydrogens is 371 g/mol. The van der Waals surface area contributed by atoms with Crippen molar-refractivity contribution in [3.05, 3.63) is 18.0 Å². The summed E-state index contributed by atoms with van der Waals surface area (Å²) in [5.41, 5.74) is 1.08. The quantitative estimate of drug-likeness (QED) is 0.577. The number of nitrogens with one attached hydrogen (secondary N) is 1. The topological polar surface area (TPSA) is 51.9 Å². The molecule has 0 aliphatic carbocycles. The summed E-state index contributed by atoms with van der Waals surface area (Å²) in [6.07, 6.45) is -0.377. The minimum absolute atomic E-state index is 0.0777. The summed E-state index contributed by atoms with van der Waals surface area (Å²) >= 11 is 0. The van der Waals surface area contributed by atoms with Crippen molar-refractivity contribution in [2.24, 2.45) is 12.0 Å². The van der Waals surface area contributed by atoms with Gasteiger partial charge < -0.3 is 15.1 Å². The fourth-order valence-corrected chi connectivity index (χ4v) is 3.31. The van der Waals surface area contributed by atoms with Gasteiger partial charge in [0, 0.05) is 51.5 Å². The SMILES string of the molecule is CCNC(=NCC(c1cnn(C)c1)N(C)C)N1CCN(C(C)C(F)(F)F)CC1. The molecule has 2 rings (SSSR count). The number of guanidine groups is 1. The van der Waals surface area contributed by atoms with Gasteiger partial charge in [0.05, 0.1) is 18.8 Å². The first-order valence-corrected chi connectivity index (χ1v) is 9.62. The van der Waals surface area contributed by atoms with Crippen LogP contribution in [0.3, 0.4) is 0 Å². The zero-order valence-electron chi connectivity index (χ0n) is 17.4. The van der Waals surface area contributed by atoms with E-state index >= 15 is 0 Å². The van der Waals surface area contributed by atoms with Gasteiger partial charge in [-0.2, -0.15) is 18.3 Å². The summed E-state index contributed by atoms with van der Waals surface area (Å²) in [5, 5.41) is 7.51. The molecule has 10 heteroatoms. The molecule has 0 amide bonds. The molecule has 1 aromatic heterocycles. The van der Waals surface area contributed by atoms with Crippen molar-refractivity contribution in [2.45, 2.75) is 32.1 Å². The number of hydrogen-bond acceptors (Lipinski definition) is 4.